The van der Waals surface area contributed by atoms with E-state index in [1.165, 1.54) is 11.2 Å². The number of nitrogens with zero attached hydrogens (tertiary/aromatic N) is 5. The molecule has 0 N–H and O–H groups in total. The van der Waals surface area contributed by atoms with Gasteiger partial charge in [0.2, 0.25) is 21.8 Å². The molecule has 2 aliphatic rings. The molecule has 4 heterocycles. The number of fused-ring (bicyclic) bond motifs is 1. The van der Waals surface area contributed by atoms with Crippen molar-refractivity contribution in [3.8, 4) is 0 Å². The molecule has 0 aliphatic carbocycles. The molecule has 1 saturated heterocycles. The Morgan fingerprint density at radius 2 is 2.04 bits per heavy atom. The van der Waals surface area contributed by atoms with Gasteiger partial charge < -0.3 is 4.57 Å². The Bertz CT molecular complexity index is 1150. The van der Waals surface area contributed by atoms with Gasteiger partial charge in [0.25, 0.3) is 0 Å². The summed E-state index contributed by atoms with van der Waals surface area (Å²) in [6, 6.07) is 1.82. The first-order valence-corrected chi connectivity index (χ1v) is 10.4. The molecule has 0 spiro atoms. The van der Waals surface area contributed by atoms with Crippen molar-refractivity contribution in [2.45, 2.75) is 24.7 Å². The fourth-order valence-electron chi connectivity index (χ4n) is 3.48. The smallest absolute Gasteiger partial charge is 0.245 e. The Morgan fingerprint density at radius 3 is 2.75 bits per heavy atom. The second-order valence-electron chi connectivity index (χ2n) is 6.84. The van der Waals surface area contributed by atoms with Gasteiger partial charge in [-0.25, -0.2) is 18.4 Å². The number of rotatable bonds is 3. The second-order valence-corrected chi connectivity index (χ2v) is 8.75. The number of amides is 1. The lowest BCUT2D eigenvalue weighted by Gasteiger charge is -2.14. The SMILES string of the molecule is CC(=O)N=C1C=C(c2cnc3c(c2)c(S(=O)(=O)N2CCCC2)cn3C)[CH+]C=N1. The van der Waals surface area contributed by atoms with Crippen LogP contribution in [0, 0.1) is 6.42 Å². The van der Waals surface area contributed by atoms with Gasteiger partial charge in [-0.05, 0) is 12.8 Å². The third kappa shape index (κ3) is 3.27. The summed E-state index contributed by atoms with van der Waals surface area (Å²) < 4.78 is 29.5. The van der Waals surface area contributed by atoms with E-state index in [0.29, 0.717) is 30.0 Å². The van der Waals surface area contributed by atoms with Gasteiger partial charge in [0, 0.05) is 39.3 Å². The molecule has 2 aromatic rings. The average molecular weight is 398 g/mol. The van der Waals surface area contributed by atoms with Crippen molar-refractivity contribution in [3.05, 3.63) is 36.5 Å². The van der Waals surface area contributed by atoms with Gasteiger partial charge in [-0.2, -0.15) is 9.30 Å². The number of allylic oxidation sites excluding steroid dienone is 1. The molecule has 1 fully saturated rings. The molecule has 0 bridgehead atoms. The molecule has 0 atom stereocenters. The van der Waals surface area contributed by atoms with Crippen LogP contribution >= 0.6 is 0 Å². The minimum Gasteiger partial charge on any atom is -0.334 e. The summed E-state index contributed by atoms with van der Waals surface area (Å²) in [6.45, 7) is 2.46. The molecule has 0 saturated carbocycles. The summed E-state index contributed by atoms with van der Waals surface area (Å²) in [5, 5.41) is 0.578. The molecule has 28 heavy (non-hydrogen) atoms. The molecule has 0 unspecified atom stereocenters. The number of sulfonamides is 1. The largest absolute Gasteiger partial charge is 0.334 e. The maximum atomic E-state index is 13.1. The van der Waals surface area contributed by atoms with Crippen molar-refractivity contribution in [1.29, 1.82) is 0 Å². The molecule has 2 aromatic heterocycles. The quantitative estimate of drug-likeness (QED) is 0.739. The Labute approximate surface area is 163 Å². The second kappa shape index (κ2) is 6.99. The molecular weight excluding hydrogens is 378 g/mol. The third-order valence-electron chi connectivity index (χ3n) is 4.81. The maximum Gasteiger partial charge on any atom is 0.245 e. The van der Waals surface area contributed by atoms with Crippen molar-refractivity contribution >= 4 is 44.6 Å². The van der Waals surface area contributed by atoms with Crippen molar-refractivity contribution < 1.29 is 13.2 Å². The zero-order chi connectivity index (χ0) is 19.9. The van der Waals surface area contributed by atoms with Gasteiger partial charge in [0.1, 0.15) is 21.7 Å². The molecule has 2 aliphatic heterocycles. The predicted octanol–water partition coefficient (Wildman–Crippen LogP) is 1.97. The van der Waals surface area contributed by atoms with E-state index in [2.05, 4.69) is 15.0 Å². The first kappa shape index (κ1) is 18.6. The van der Waals surface area contributed by atoms with E-state index < -0.39 is 10.0 Å². The van der Waals surface area contributed by atoms with Crippen LogP contribution < -0.4 is 0 Å². The van der Waals surface area contributed by atoms with Crippen LogP contribution in [0.2, 0.25) is 0 Å². The Morgan fingerprint density at radius 1 is 1.29 bits per heavy atom. The van der Waals surface area contributed by atoms with E-state index in [0.717, 1.165) is 24.0 Å². The number of aromatic nitrogens is 2. The highest BCUT2D eigenvalue weighted by molar-refractivity contribution is 7.89. The summed E-state index contributed by atoms with van der Waals surface area (Å²) in [5.74, 6) is -0.0247. The number of aryl methyl sites for hydroxylation is 1. The number of carbonyl (C=O) groups is 1. The van der Waals surface area contributed by atoms with Crippen LogP contribution in [0.1, 0.15) is 25.3 Å². The number of aliphatic imine (C=N–C) groups is 2. The van der Waals surface area contributed by atoms with Gasteiger partial charge >= 0.3 is 0 Å². The number of carbonyl (C=O) groups excluding carboxylic acids is 1. The van der Waals surface area contributed by atoms with Crippen LogP contribution in [-0.2, 0) is 21.9 Å². The van der Waals surface area contributed by atoms with Crippen LogP contribution in [0.3, 0.4) is 0 Å². The molecule has 8 nitrogen and oxygen atoms in total. The van der Waals surface area contributed by atoms with Crippen molar-refractivity contribution in [1.82, 2.24) is 13.9 Å². The Kier molecular flexibility index (Phi) is 4.64. The standard InChI is InChI=1S/C19H20N5O3S/c1-13(25)22-18-10-14(5-6-20-18)15-9-16-17(12-23(2)19(16)21-11-15)28(26,27)24-7-3-4-8-24/h5-6,9-12H,3-4,7-8H2,1-2H3/q+1. The minimum atomic E-state index is -3.57. The fourth-order valence-corrected chi connectivity index (χ4v) is 5.21. The van der Waals surface area contributed by atoms with Gasteiger partial charge in [0.15, 0.2) is 0 Å². The Balaban J connectivity index is 1.81. The highest BCUT2D eigenvalue weighted by Crippen LogP contribution is 2.31. The molecule has 144 valence electrons. The number of dihydropyridines is 1. The number of hydrogen-bond donors (Lipinski definition) is 0. The van der Waals surface area contributed by atoms with E-state index >= 15 is 0 Å². The lowest BCUT2D eigenvalue weighted by atomic mass is 10.0. The van der Waals surface area contributed by atoms with Gasteiger partial charge in [-0.1, -0.05) is 0 Å². The van der Waals surface area contributed by atoms with Crippen LogP contribution in [0.15, 0.2) is 39.4 Å². The van der Waals surface area contributed by atoms with Crippen molar-refractivity contribution in [2.24, 2.45) is 17.0 Å². The highest BCUT2D eigenvalue weighted by atomic mass is 32.2. The van der Waals surface area contributed by atoms with Crippen molar-refractivity contribution in [2.75, 3.05) is 13.1 Å². The predicted molar refractivity (Wildman–Crippen MR) is 108 cm³/mol. The summed E-state index contributed by atoms with van der Waals surface area (Å²) in [4.78, 5) is 23.9. The zero-order valence-electron chi connectivity index (χ0n) is 15.7. The first-order chi connectivity index (χ1) is 13.4. The van der Waals surface area contributed by atoms with Crippen LogP contribution in [0.4, 0.5) is 0 Å². The minimum absolute atomic E-state index is 0.268. The van der Waals surface area contributed by atoms with Gasteiger partial charge in [0.05, 0.1) is 30.3 Å². The van der Waals surface area contributed by atoms with Gasteiger partial charge in [-0.3, -0.25) is 4.79 Å². The van der Waals surface area contributed by atoms with Crippen LogP contribution in [0.25, 0.3) is 16.6 Å². The molecule has 0 radical (unpaired) electrons. The molecule has 1 amide bonds. The number of pyridine rings is 1. The normalized spacial score (nSPS) is 19.2. The van der Waals surface area contributed by atoms with Crippen molar-refractivity contribution in [3.63, 3.8) is 0 Å². The average Bonchev–Trinajstić information content (AvgIpc) is 3.30. The monoisotopic (exact) mass is 398 g/mol. The molecule has 9 heteroatoms. The maximum absolute atomic E-state index is 13.1. The third-order valence-corrected chi connectivity index (χ3v) is 6.74. The van der Waals surface area contributed by atoms with E-state index in [9.17, 15) is 13.2 Å². The molecule has 4 rings (SSSR count). The summed E-state index contributed by atoms with van der Waals surface area (Å²) in [5.41, 5.74) is 2.10. The topological polar surface area (TPSA) is 97.0 Å². The summed E-state index contributed by atoms with van der Waals surface area (Å²) >= 11 is 0. The van der Waals surface area contributed by atoms with E-state index in [1.54, 1.807) is 42.7 Å². The highest BCUT2D eigenvalue weighted by Gasteiger charge is 2.31. The fraction of sp³-hybridized carbons (Fsp3) is 0.316. The summed E-state index contributed by atoms with van der Waals surface area (Å²) in [6.07, 6.45) is 10.1. The molecule has 0 aromatic carbocycles. The number of amidine groups is 1. The van der Waals surface area contributed by atoms with Crippen LogP contribution in [0.5, 0.6) is 0 Å². The number of hydrogen-bond acceptors (Lipinski definition) is 4. The zero-order valence-corrected chi connectivity index (χ0v) is 16.5. The first-order valence-electron chi connectivity index (χ1n) is 9.00. The van der Waals surface area contributed by atoms with Crippen LogP contribution in [-0.4, -0.2) is 53.3 Å². The summed E-state index contributed by atoms with van der Waals surface area (Å²) in [7, 11) is -1.78. The van der Waals surface area contributed by atoms with Gasteiger partial charge in [-0.15, -0.1) is 0 Å². The molecular formula is C19H20N5O3S+. The van der Waals surface area contributed by atoms with E-state index in [-0.39, 0.29) is 10.8 Å². The van der Waals surface area contributed by atoms with E-state index in [4.69, 9.17) is 0 Å². The lowest BCUT2D eigenvalue weighted by Crippen LogP contribution is -2.27. The van der Waals surface area contributed by atoms with E-state index in [1.807, 2.05) is 6.07 Å². The Hall–Kier alpha value is -2.78. The lowest BCUT2D eigenvalue weighted by molar-refractivity contribution is -0.115.